The third kappa shape index (κ3) is 3.44. The third-order valence-electron chi connectivity index (χ3n) is 3.07. The molecule has 0 aliphatic heterocycles. The summed E-state index contributed by atoms with van der Waals surface area (Å²) in [6, 6.07) is 8.35. The highest BCUT2D eigenvalue weighted by Crippen LogP contribution is 2.18. The van der Waals surface area contributed by atoms with Crippen molar-refractivity contribution in [3.05, 3.63) is 47.3 Å². The Morgan fingerprint density at radius 3 is 2.58 bits per heavy atom. The predicted molar refractivity (Wildman–Crippen MR) is 79.6 cm³/mol. The summed E-state index contributed by atoms with van der Waals surface area (Å²) in [4.78, 5) is 10.6. The minimum atomic E-state index is 0.677. The fraction of sp³-hybridized carbons (Fsp3) is 0.333. The number of nitrogens with zero attached hydrogens (tertiary/aromatic N) is 3. The lowest BCUT2D eigenvalue weighted by Crippen LogP contribution is -2.10. The van der Waals surface area contributed by atoms with Crippen LogP contribution >= 0.6 is 0 Å². The SMILES string of the molecule is Cc1ccnc(NCc2ccc(N(C)C)cc2C)n1. The van der Waals surface area contributed by atoms with Crippen molar-refractivity contribution in [3.8, 4) is 0 Å². The van der Waals surface area contributed by atoms with Gasteiger partial charge in [-0.05, 0) is 43.2 Å². The van der Waals surface area contributed by atoms with Gasteiger partial charge in [0.05, 0.1) is 0 Å². The Morgan fingerprint density at radius 1 is 1.16 bits per heavy atom. The summed E-state index contributed by atoms with van der Waals surface area (Å²) in [5, 5.41) is 3.26. The second kappa shape index (κ2) is 5.69. The van der Waals surface area contributed by atoms with Crippen LogP contribution in [0.15, 0.2) is 30.5 Å². The summed E-state index contributed by atoms with van der Waals surface area (Å²) < 4.78 is 0. The van der Waals surface area contributed by atoms with Gasteiger partial charge in [0.15, 0.2) is 0 Å². The van der Waals surface area contributed by atoms with Crippen LogP contribution in [0, 0.1) is 13.8 Å². The van der Waals surface area contributed by atoms with E-state index in [0.717, 1.165) is 12.2 Å². The number of rotatable bonds is 4. The lowest BCUT2D eigenvalue weighted by atomic mass is 10.1. The van der Waals surface area contributed by atoms with Gasteiger partial charge >= 0.3 is 0 Å². The number of aromatic nitrogens is 2. The maximum absolute atomic E-state index is 4.33. The minimum Gasteiger partial charge on any atom is -0.378 e. The molecule has 2 rings (SSSR count). The molecule has 0 fully saturated rings. The number of hydrogen-bond acceptors (Lipinski definition) is 4. The van der Waals surface area contributed by atoms with Crippen LogP contribution in [0.5, 0.6) is 0 Å². The first-order chi connectivity index (χ1) is 9.06. The molecular weight excluding hydrogens is 236 g/mol. The molecule has 1 aromatic carbocycles. The Hall–Kier alpha value is -2.10. The third-order valence-corrected chi connectivity index (χ3v) is 3.07. The molecule has 1 N–H and O–H groups in total. The van der Waals surface area contributed by atoms with Gasteiger partial charge in [-0.1, -0.05) is 6.07 Å². The quantitative estimate of drug-likeness (QED) is 0.913. The zero-order valence-electron chi connectivity index (χ0n) is 11.9. The Labute approximate surface area is 114 Å². The molecule has 0 amide bonds. The van der Waals surface area contributed by atoms with Crippen LogP contribution in [-0.2, 0) is 6.54 Å². The van der Waals surface area contributed by atoms with Crippen LogP contribution < -0.4 is 10.2 Å². The molecule has 1 aromatic heterocycles. The highest BCUT2D eigenvalue weighted by molar-refractivity contribution is 5.50. The van der Waals surface area contributed by atoms with Gasteiger partial charge in [0, 0.05) is 38.2 Å². The van der Waals surface area contributed by atoms with E-state index in [1.165, 1.54) is 16.8 Å². The summed E-state index contributed by atoms with van der Waals surface area (Å²) in [6.45, 7) is 4.83. The van der Waals surface area contributed by atoms with Crippen LogP contribution in [0.4, 0.5) is 11.6 Å². The molecule has 19 heavy (non-hydrogen) atoms. The highest BCUT2D eigenvalue weighted by atomic mass is 15.1. The fourth-order valence-electron chi connectivity index (χ4n) is 1.86. The van der Waals surface area contributed by atoms with E-state index in [9.17, 15) is 0 Å². The largest absolute Gasteiger partial charge is 0.378 e. The van der Waals surface area contributed by atoms with E-state index < -0.39 is 0 Å². The van der Waals surface area contributed by atoms with Crippen molar-refractivity contribution in [2.45, 2.75) is 20.4 Å². The lowest BCUT2D eigenvalue weighted by molar-refractivity contribution is 1.02. The van der Waals surface area contributed by atoms with Crippen LogP contribution in [0.1, 0.15) is 16.8 Å². The molecule has 4 nitrogen and oxygen atoms in total. The molecule has 4 heteroatoms. The minimum absolute atomic E-state index is 0.677. The van der Waals surface area contributed by atoms with Crippen molar-refractivity contribution in [2.24, 2.45) is 0 Å². The lowest BCUT2D eigenvalue weighted by Gasteiger charge is -2.15. The molecule has 0 radical (unpaired) electrons. The van der Waals surface area contributed by atoms with E-state index in [1.807, 2.05) is 27.1 Å². The van der Waals surface area contributed by atoms with Gasteiger partial charge in [0.1, 0.15) is 0 Å². The van der Waals surface area contributed by atoms with E-state index in [1.54, 1.807) is 6.20 Å². The normalized spacial score (nSPS) is 10.3. The van der Waals surface area contributed by atoms with Gasteiger partial charge in [0.2, 0.25) is 5.95 Å². The van der Waals surface area contributed by atoms with E-state index in [0.29, 0.717) is 5.95 Å². The zero-order chi connectivity index (χ0) is 13.8. The van der Waals surface area contributed by atoms with E-state index >= 15 is 0 Å². The van der Waals surface area contributed by atoms with Crippen LogP contribution in [0.2, 0.25) is 0 Å². The van der Waals surface area contributed by atoms with Crippen molar-refractivity contribution in [3.63, 3.8) is 0 Å². The molecule has 100 valence electrons. The van der Waals surface area contributed by atoms with Crippen LogP contribution in [0.25, 0.3) is 0 Å². The van der Waals surface area contributed by atoms with Gasteiger partial charge in [0.25, 0.3) is 0 Å². The topological polar surface area (TPSA) is 41.1 Å². The molecule has 0 saturated heterocycles. The zero-order valence-corrected chi connectivity index (χ0v) is 11.9. The average molecular weight is 256 g/mol. The van der Waals surface area contributed by atoms with Crippen LogP contribution in [-0.4, -0.2) is 24.1 Å². The van der Waals surface area contributed by atoms with Gasteiger partial charge in [-0.2, -0.15) is 0 Å². The van der Waals surface area contributed by atoms with Gasteiger partial charge in [-0.25, -0.2) is 9.97 Å². The van der Waals surface area contributed by atoms with E-state index in [4.69, 9.17) is 0 Å². The molecule has 2 aromatic rings. The smallest absolute Gasteiger partial charge is 0.223 e. The number of aryl methyl sites for hydroxylation is 2. The Kier molecular flexibility index (Phi) is 4.00. The standard InChI is InChI=1S/C15H20N4/c1-11-9-14(19(3)4)6-5-13(11)10-17-15-16-8-7-12(2)18-15/h5-9H,10H2,1-4H3,(H,16,17,18). The summed E-state index contributed by atoms with van der Waals surface area (Å²) >= 11 is 0. The summed E-state index contributed by atoms with van der Waals surface area (Å²) in [7, 11) is 4.10. The first kappa shape index (κ1) is 13.3. The monoisotopic (exact) mass is 256 g/mol. The molecule has 0 spiro atoms. The Morgan fingerprint density at radius 2 is 1.95 bits per heavy atom. The Bertz CT molecular complexity index is 564. The molecule has 0 aliphatic rings. The maximum atomic E-state index is 4.33. The van der Waals surface area contributed by atoms with Gasteiger partial charge in [-0.15, -0.1) is 0 Å². The highest BCUT2D eigenvalue weighted by Gasteiger charge is 2.02. The van der Waals surface area contributed by atoms with Crippen molar-refractivity contribution in [1.29, 1.82) is 0 Å². The first-order valence-electron chi connectivity index (χ1n) is 6.36. The summed E-state index contributed by atoms with van der Waals surface area (Å²) in [5.74, 6) is 0.677. The molecule has 0 aliphatic carbocycles. The van der Waals surface area contributed by atoms with E-state index in [2.05, 4.69) is 45.3 Å². The number of nitrogens with one attached hydrogen (secondary N) is 1. The number of hydrogen-bond donors (Lipinski definition) is 1. The number of anilines is 2. The Balaban J connectivity index is 2.07. The van der Waals surface area contributed by atoms with Crippen LogP contribution in [0.3, 0.4) is 0 Å². The van der Waals surface area contributed by atoms with Crippen molar-refractivity contribution in [1.82, 2.24) is 9.97 Å². The van der Waals surface area contributed by atoms with Crippen molar-refractivity contribution in [2.75, 3.05) is 24.3 Å². The molecule has 0 unspecified atom stereocenters. The molecular formula is C15H20N4. The number of benzene rings is 1. The van der Waals surface area contributed by atoms with Gasteiger partial charge in [-0.3, -0.25) is 0 Å². The van der Waals surface area contributed by atoms with Gasteiger partial charge < -0.3 is 10.2 Å². The molecule has 1 heterocycles. The first-order valence-corrected chi connectivity index (χ1v) is 6.36. The van der Waals surface area contributed by atoms with E-state index in [-0.39, 0.29) is 0 Å². The summed E-state index contributed by atoms with van der Waals surface area (Å²) in [5.41, 5.74) is 4.72. The van der Waals surface area contributed by atoms with Crippen molar-refractivity contribution < 1.29 is 0 Å². The fourth-order valence-corrected chi connectivity index (χ4v) is 1.86. The second-order valence-corrected chi connectivity index (χ2v) is 4.88. The molecule has 0 atom stereocenters. The molecule has 0 bridgehead atoms. The molecule has 0 saturated carbocycles. The second-order valence-electron chi connectivity index (χ2n) is 4.88. The average Bonchev–Trinajstić information content (AvgIpc) is 2.37. The maximum Gasteiger partial charge on any atom is 0.223 e. The predicted octanol–water partition coefficient (Wildman–Crippen LogP) is 2.77. The van der Waals surface area contributed by atoms with Crippen molar-refractivity contribution >= 4 is 11.6 Å². The summed E-state index contributed by atoms with van der Waals surface area (Å²) in [6.07, 6.45) is 1.77.